The van der Waals surface area contributed by atoms with Crippen molar-refractivity contribution in [3.8, 4) is 5.75 Å². The highest BCUT2D eigenvalue weighted by Gasteiger charge is 2.12. The minimum atomic E-state index is 0.212. The monoisotopic (exact) mass is 364 g/mol. The third-order valence-corrected chi connectivity index (χ3v) is 5.04. The Bertz CT molecular complexity index is 600. The van der Waals surface area contributed by atoms with Gasteiger partial charge in [0.1, 0.15) is 5.75 Å². The van der Waals surface area contributed by atoms with Crippen molar-refractivity contribution < 1.29 is 4.74 Å². The fourth-order valence-corrected chi connectivity index (χ4v) is 3.45. The van der Waals surface area contributed by atoms with Crippen molar-refractivity contribution in [3.05, 3.63) is 58.1 Å². The third kappa shape index (κ3) is 4.52. The molecule has 0 amide bonds. The van der Waals surface area contributed by atoms with E-state index >= 15 is 0 Å². The van der Waals surface area contributed by atoms with E-state index in [0.29, 0.717) is 0 Å². The van der Waals surface area contributed by atoms with Gasteiger partial charge in [-0.3, -0.25) is 0 Å². The molecule has 0 spiro atoms. The first-order valence-corrected chi connectivity index (χ1v) is 8.74. The van der Waals surface area contributed by atoms with Gasteiger partial charge < -0.3 is 4.74 Å². The van der Waals surface area contributed by atoms with E-state index < -0.39 is 0 Å². The number of halogens is 1. The van der Waals surface area contributed by atoms with Crippen LogP contribution in [0.4, 0.5) is 0 Å². The lowest BCUT2D eigenvalue weighted by Crippen LogP contribution is -2.10. The summed E-state index contributed by atoms with van der Waals surface area (Å²) >= 11 is 5.38. The normalized spacial score (nSPS) is 11.5. The zero-order valence-corrected chi connectivity index (χ0v) is 15.3. The Kier molecular flexibility index (Phi) is 5.39. The lowest BCUT2D eigenvalue weighted by atomic mass is 9.87. The van der Waals surface area contributed by atoms with Crippen LogP contribution in [0.25, 0.3) is 0 Å². The van der Waals surface area contributed by atoms with Crippen molar-refractivity contribution in [2.75, 3.05) is 7.11 Å². The van der Waals surface area contributed by atoms with Crippen LogP contribution in [-0.4, -0.2) is 7.11 Å². The molecule has 0 fully saturated rings. The molecule has 0 saturated heterocycles. The first kappa shape index (κ1) is 16.4. The number of ether oxygens (including phenoxy) is 1. The Morgan fingerprint density at radius 3 is 2.24 bits per heavy atom. The molecule has 0 atom stereocenters. The van der Waals surface area contributed by atoms with Gasteiger partial charge in [-0.1, -0.05) is 39.0 Å². The standard InChI is InChI=1S/C18H21BrOS/c1-18(2,3)14-6-8-15(9-7-14)21-12-13-5-10-17(20-4)16(19)11-13/h5-11H,12H2,1-4H3. The zero-order valence-electron chi connectivity index (χ0n) is 12.9. The van der Waals surface area contributed by atoms with Crippen molar-refractivity contribution in [2.45, 2.75) is 36.8 Å². The van der Waals surface area contributed by atoms with Crippen LogP contribution >= 0.6 is 27.7 Å². The third-order valence-electron chi connectivity index (χ3n) is 3.34. The molecule has 0 aliphatic carbocycles. The lowest BCUT2D eigenvalue weighted by molar-refractivity contribution is 0.412. The first-order valence-electron chi connectivity index (χ1n) is 6.96. The second-order valence-electron chi connectivity index (χ2n) is 6.03. The van der Waals surface area contributed by atoms with E-state index in [-0.39, 0.29) is 5.41 Å². The van der Waals surface area contributed by atoms with Crippen molar-refractivity contribution in [2.24, 2.45) is 0 Å². The first-order chi connectivity index (χ1) is 9.90. The molecule has 112 valence electrons. The van der Waals surface area contributed by atoms with Gasteiger partial charge in [-0.2, -0.15) is 0 Å². The van der Waals surface area contributed by atoms with E-state index in [0.717, 1.165) is 16.0 Å². The Morgan fingerprint density at radius 2 is 1.71 bits per heavy atom. The van der Waals surface area contributed by atoms with Crippen LogP contribution in [0.1, 0.15) is 31.9 Å². The summed E-state index contributed by atoms with van der Waals surface area (Å²) in [6, 6.07) is 15.1. The summed E-state index contributed by atoms with van der Waals surface area (Å²) < 4.78 is 6.26. The smallest absolute Gasteiger partial charge is 0.133 e. The van der Waals surface area contributed by atoms with Crippen LogP contribution in [0.3, 0.4) is 0 Å². The summed E-state index contributed by atoms with van der Waals surface area (Å²) in [5.41, 5.74) is 2.87. The predicted octanol–water partition coefficient (Wildman–Crippen LogP) is 6.05. The van der Waals surface area contributed by atoms with Gasteiger partial charge >= 0.3 is 0 Å². The number of benzene rings is 2. The Hall–Kier alpha value is -0.930. The quantitative estimate of drug-likeness (QED) is 0.610. The molecule has 21 heavy (non-hydrogen) atoms. The largest absolute Gasteiger partial charge is 0.496 e. The number of methoxy groups -OCH3 is 1. The molecule has 0 aromatic heterocycles. The highest BCUT2D eigenvalue weighted by Crippen LogP contribution is 2.30. The lowest BCUT2D eigenvalue weighted by Gasteiger charge is -2.19. The maximum absolute atomic E-state index is 5.25. The minimum absolute atomic E-state index is 0.212. The molecule has 0 aliphatic rings. The summed E-state index contributed by atoms with van der Waals surface area (Å²) in [7, 11) is 1.69. The number of rotatable bonds is 4. The van der Waals surface area contributed by atoms with E-state index in [2.05, 4.69) is 73.1 Å². The second-order valence-corrected chi connectivity index (χ2v) is 7.94. The number of thioether (sulfide) groups is 1. The molecule has 0 saturated carbocycles. The molecule has 0 heterocycles. The summed E-state index contributed by atoms with van der Waals surface area (Å²) in [6.45, 7) is 6.72. The van der Waals surface area contributed by atoms with Crippen LogP contribution in [0, 0.1) is 0 Å². The molecule has 3 heteroatoms. The fraction of sp³-hybridized carbons (Fsp3) is 0.333. The Labute approximate surface area is 140 Å². The highest BCUT2D eigenvalue weighted by atomic mass is 79.9. The van der Waals surface area contributed by atoms with Gasteiger partial charge in [-0.15, -0.1) is 11.8 Å². The molecule has 0 aliphatic heterocycles. The van der Waals surface area contributed by atoms with Gasteiger partial charge in [-0.25, -0.2) is 0 Å². The Balaban J connectivity index is 2.01. The predicted molar refractivity (Wildman–Crippen MR) is 95.4 cm³/mol. The van der Waals surface area contributed by atoms with Crippen molar-refractivity contribution in [1.29, 1.82) is 0 Å². The second kappa shape index (κ2) is 6.89. The molecular weight excluding hydrogens is 344 g/mol. The Morgan fingerprint density at radius 1 is 1.05 bits per heavy atom. The van der Waals surface area contributed by atoms with Gasteiger partial charge in [0.15, 0.2) is 0 Å². The van der Waals surface area contributed by atoms with Gasteiger partial charge in [-0.05, 0) is 56.7 Å². The van der Waals surface area contributed by atoms with E-state index in [4.69, 9.17) is 4.74 Å². The van der Waals surface area contributed by atoms with Crippen LogP contribution in [0.15, 0.2) is 51.8 Å². The van der Waals surface area contributed by atoms with Crippen LogP contribution in [0.5, 0.6) is 5.75 Å². The van der Waals surface area contributed by atoms with Crippen molar-refractivity contribution >= 4 is 27.7 Å². The summed E-state index contributed by atoms with van der Waals surface area (Å²) in [5.74, 6) is 1.83. The molecule has 0 unspecified atom stereocenters. The van der Waals surface area contributed by atoms with Gasteiger partial charge in [0.25, 0.3) is 0 Å². The average Bonchev–Trinajstić information content (AvgIpc) is 2.45. The summed E-state index contributed by atoms with van der Waals surface area (Å²) in [6.07, 6.45) is 0. The molecule has 0 bridgehead atoms. The molecule has 2 rings (SSSR count). The topological polar surface area (TPSA) is 9.23 Å². The maximum Gasteiger partial charge on any atom is 0.133 e. The minimum Gasteiger partial charge on any atom is -0.496 e. The van der Waals surface area contributed by atoms with Gasteiger partial charge in [0.2, 0.25) is 0 Å². The van der Waals surface area contributed by atoms with Crippen molar-refractivity contribution in [1.82, 2.24) is 0 Å². The van der Waals surface area contributed by atoms with E-state index in [1.807, 2.05) is 17.8 Å². The number of hydrogen-bond acceptors (Lipinski definition) is 2. The van der Waals surface area contributed by atoms with Crippen LogP contribution in [-0.2, 0) is 11.2 Å². The average molecular weight is 365 g/mol. The van der Waals surface area contributed by atoms with Crippen LogP contribution in [0.2, 0.25) is 0 Å². The highest BCUT2D eigenvalue weighted by molar-refractivity contribution is 9.10. The molecule has 0 N–H and O–H groups in total. The fourth-order valence-electron chi connectivity index (χ4n) is 2.02. The number of hydrogen-bond donors (Lipinski definition) is 0. The maximum atomic E-state index is 5.25. The SMILES string of the molecule is COc1ccc(CSc2ccc(C(C)(C)C)cc2)cc1Br. The van der Waals surface area contributed by atoms with E-state index in [1.165, 1.54) is 16.0 Å². The molecule has 1 nitrogen and oxygen atoms in total. The van der Waals surface area contributed by atoms with E-state index in [9.17, 15) is 0 Å². The van der Waals surface area contributed by atoms with Crippen LogP contribution < -0.4 is 4.74 Å². The molecule has 0 radical (unpaired) electrons. The van der Waals surface area contributed by atoms with Gasteiger partial charge in [0.05, 0.1) is 11.6 Å². The molecule has 2 aromatic rings. The van der Waals surface area contributed by atoms with E-state index in [1.54, 1.807) is 7.11 Å². The summed E-state index contributed by atoms with van der Waals surface area (Å²) in [4.78, 5) is 1.30. The molecular formula is C18H21BrOS. The summed E-state index contributed by atoms with van der Waals surface area (Å²) in [5, 5.41) is 0. The van der Waals surface area contributed by atoms with Gasteiger partial charge in [0, 0.05) is 10.6 Å². The molecule has 2 aromatic carbocycles. The van der Waals surface area contributed by atoms with Crippen molar-refractivity contribution in [3.63, 3.8) is 0 Å². The zero-order chi connectivity index (χ0) is 15.5.